The van der Waals surface area contributed by atoms with Gasteiger partial charge in [-0.2, -0.15) is 10.2 Å². The molecule has 0 aliphatic rings. The van der Waals surface area contributed by atoms with E-state index in [-0.39, 0.29) is 5.91 Å². The molecule has 1 N–H and O–H groups in total. The lowest BCUT2D eigenvalue weighted by molar-refractivity contribution is -0.111. The molecule has 170 valence electrons. The average Bonchev–Trinajstić information content (AvgIpc) is 3.29. The van der Waals surface area contributed by atoms with Gasteiger partial charge in [-0.05, 0) is 25.0 Å². The van der Waals surface area contributed by atoms with E-state index < -0.39 is 0 Å². The number of rotatable bonds is 9. The molecule has 0 saturated heterocycles. The Morgan fingerprint density at radius 2 is 2.00 bits per heavy atom. The molecule has 1 amide bonds. The summed E-state index contributed by atoms with van der Waals surface area (Å²) in [7, 11) is 3.18. The van der Waals surface area contributed by atoms with Crippen LogP contribution in [-0.2, 0) is 17.9 Å². The molecular formula is C23H28ClN5O3. The van der Waals surface area contributed by atoms with Crippen LogP contribution in [0.15, 0.2) is 36.5 Å². The van der Waals surface area contributed by atoms with Crippen LogP contribution in [0.1, 0.15) is 30.7 Å². The first-order valence-corrected chi connectivity index (χ1v) is 10.7. The molecule has 0 spiro atoms. The number of ether oxygens (including phenoxy) is 2. The van der Waals surface area contributed by atoms with E-state index in [1.165, 1.54) is 6.08 Å². The lowest BCUT2D eigenvalue weighted by Crippen LogP contribution is -2.14. The summed E-state index contributed by atoms with van der Waals surface area (Å²) in [6.07, 6.45) is 4.75. The van der Waals surface area contributed by atoms with Crippen molar-refractivity contribution in [3.63, 3.8) is 0 Å². The third-order valence-electron chi connectivity index (χ3n) is 4.82. The zero-order chi connectivity index (χ0) is 23.3. The lowest BCUT2D eigenvalue weighted by atomic mass is 10.2. The van der Waals surface area contributed by atoms with Crippen molar-refractivity contribution in [1.82, 2.24) is 19.6 Å². The number of anilines is 1. The van der Waals surface area contributed by atoms with Gasteiger partial charge in [-0.25, -0.2) is 4.68 Å². The van der Waals surface area contributed by atoms with Crippen LogP contribution in [0.4, 0.5) is 5.82 Å². The van der Waals surface area contributed by atoms with Gasteiger partial charge in [-0.3, -0.25) is 9.48 Å². The minimum Gasteiger partial charge on any atom is -0.493 e. The number of methoxy groups -OCH3 is 2. The maximum absolute atomic E-state index is 12.6. The van der Waals surface area contributed by atoms with Crippen molar-refractivity contribution in [2.75, 3.05) is 19.5 Å². The molecule has 2 aromatic heterocycles. The smallest absolute Gasteiger partial charge is 0.249 e. The Hall–Kier alpha value is -3.26. The molecule has 8 nitrogen and oxygen atoms in total. The first-order valence-electron chi connectivity index (χ1n) is 10.3. The Kier molecular flexibility index (Phi) is 7.58. The molecule has 9 heteroatoms. The van der Waals surface area contributed by atoms with Crippen molar-refractivity contribution in [3.05, 3.63) is 58.5 Å². The average molecular weight is 458 g/mol. The summed E-state index contributed by atoms with van der Waals surface area (Å²) in [4.78, 5) is 12.6. The van der Waals surface area contributed by atoms with Gasteiger partial charge in [-0.15, -0.1) is 0 Å². The van der Waals surface area contributed by atoms with Gasteiger partial charge in [0.2, 0.25) is 5.91 Å². The normalized spacial score (nSPS) is 11.3. The number of halogens is 1. The van der Waals surface area contributed by atoms with Crippen LogP contribution in [0.5, 0.6) is 11.5 Å². The lowest BCUT2D eigenvalue weighted by Gasteiger charge is -2.14. The highest BCUT2D eigenvalue weighted by molar-refractivity contribution is 6.31. The summed E-state index contributed by atoms with van der Waals surface area (Å²) in [5.74, 6) is 1.94. The van der Waals surface area contributed by atoms with E-state index >= 15 is 0 Å². The molecule has 0 saturated carbocycles. The number of nitrogens with zero attached hydrogens (tertiary/aromatic N) is 4. The van der Waals surface area contributed by atoms with Gasteiger partial charge in [0.1, 0.15) is 11.0 Å². The summed E-state index contributed by atoms with van der Waals surface area (Å²) in [6, 6.07) is 7.37. The number of para-hydroxylation sites is 1. The largest absolute Gasteiger partial charge is 0.493 e. The molecule has 0 aliphatic carbocycles. The zero-order valence-electron chi connectivity index (χ0n) is 18.9. The van der Waals surface area contributed by atoms with Gasteiger partial charge >= 0.3 is 0 Å². The van der Waals surface area contributed by atoms with Gasteiger partial charge in [0, 0.05) is 29.8 Å². The second-order valence-corrected chi connectivity index (χ2v) is 8.07. The second kappa shape index (κ2) is 10.4. The van der Waals surface area contributed by atoms with Gasteiger partial charge in [-0.1, -0.05) is 37.6 Å². The quantitative estimate of drug-likeness (QED) is 0.481. The van der Waals surface area contributed by atoms with Crippen LogP contribution in [-0.4, -0.2) is 39.7 Å². The number of hydrogen-bond acceptors (Lipinski definition) is 5. The molecule has 0 fully saturated rings. The molecule has 0 atom stereocenters. The van der Waals surface area contributed by atoms with Crippen LogP contribution in [0, 0.1) is 12.8 Å². The molecular weight excluding hydrogens is 430 g/mol. The highest BCUT2D eigenvalue weighted by Gasteiger charge is 2.14. The van der Waals surface area contributed by atoms with Crippen LogP contribution in [0.3, 0.4) is 0 Å². The molecule has 0 radical (unpaired) electrons. The monoisotopic (exact) mass is 457 g/mol. The van der Waals surface area contributed by atoms with Crippen molar-refractivity contribution in [2.45, 2.75) is 33.9 Å². The Labute approximate surface area is 192 Å². The van der Waals surface area contributed by atoms with Crippen molar-refractivity contribution in [2.24, 2.45) is 5.92 Å². The third kappa shape index (κ3) is 5.31. The maximum atomic E-state index is 12.6. The minimum atomic E-state index is -0.295. The second-order valence-electron chi connectivity index (χ2n) is 7.72. The third-order valence-corrected chi connectivity index (χ3v) is 5.22. The predicted octanol–water partition coefficient (Wildman–Crippen LogP) is 4.41. The number of hydrogen-bond donors (Lipinski definition) is 1. The molecule has 32 heavy (non-hydrogen) atoms. The summed E-state index contributed by atoms with van der Waals surface area (Å²) in [5.41, 5.74) is 2.38. The SMILES string of the molecule is COc1cccc(Cn2nccc2NC(=O)/C=C/c2c(C)nn(CC(C)C)c2Cl)c1OC. The van der Waals surface area contributed by atoms with E-state index in [9.17, 15) is 4.79 Å². The standard InChI is InChI=1S/C23H28ClN5O3/c1-15(2)13-29-23(24)18(16(3)27-29)9-10-21(30)26-20-11-12-25-28(20)14-17-7-6-8-19(31-4)22(17)32-5/h6-12,15H,13-14H2,1-5H3,(H,26,30)/b10-9+. The minimum absolute atomic E-state index is 0.295. The zero-order valence-corrected chi connectivity index (χ0v) is 19.7. The van der Waals surface area contributed by atoms with Crippen LogP contribution in [0.25, 0.3) is 6.08 Å². The molecule has 0 bridgehead atoms. The van der Waals surface area contributed by atoms with Gasteiger partial charge in [0.25, 0.3) is 0 Å². The topological polar surface area (TPSA) is 83.2 Å². The Bertz CT molecular complexity index is 1120. The van der Waals surface area contributed by atoms with Crippen molar-refractivity contribution >= 4 is 29.4 Å². The number of carbonyl (C=O) groups is 1. The van der Waals surface area contributed by atoms with E-state index in [1.807, 2.05) is 25.1 Å². The van der Waals surface area contributed by atoms with Gasteiger partial charge in [0.05, 0.1) is 32.7 Å². The number of aromatic nitrogens is 4. The molecule has 1 aromatic carbocycles. The number of carbonyl (C=O) groups excluding carboxylic acids is 1. The fourth-order valence-electron chi connectivity index (χ4n) is 3.35. The fourth-order valence-corrected chi connectivity index (χ4v) is 3.66. The molecule has 3 rings (SSSR count). The van der Waals surface area contributed by atoms with Crippen molar-refractivity contribution in [1.29, 1.82) is 0 Å². The van der Waals surface area contributed by atoms with E-state index in [0.29, 0.717) is 41.5 Å². The summed E-state index contributed by atoms with van der Waals surface area (Å²) in [5, 5.41) is 12.2. The summed E-state index contributed by atoms with van der Waals surface area (Å²) in [6.45, 7) is 7.18. The van der Waals surface area contributed by atoms with E-state index in [0.717, 1.165) is 16.8 Å². The molecule has 3 aromatic rings. The van der Waals surface area contributed by atoms with Crippen LogP contribution >= 0.6 is 11.6 Å². The maximum Gasteiger partial charge on any atom is 0.249 e. The highest BCUT2D eigenvalue weighted by Crippen LogP contribution is 2.31. The van der Waals surface area contributed by atoms with E-state index in [1.54, 1.807) is 41.9 Å². The molecule has 0 aliphatic heterocycles. The fraction of sp³-hybridized carbons (Fsp3) is 0.348. The van der Waals surface area contributed by atoms with Crippen LogP contribution in [0.2, 0.25) is 5.15 Å². The number of nitrogens with one attached hydrogen (secondary N) is 1. The highest BCUT2D eigenvalue weighted by atomic mass is 35.5. The van der Waals surface area contributed by atoms with Crippen molar-refractivity contribution < 1.29 is 14.3 Å². The van der Waals surface area contributed by atoms with Gasteiger partial charge < -0.3 is 14.8 Å². The van der Waals surface area contributed by atoms with Crippen LogP contribution < -0.4 is 14.8 Å². The Morgan fingerprint density at radius 1 is 1.22 bits per heavy atom. The molecule has 2 heterocycles. The molecule has 0 unspecified atom stereocenters. The first kappa shape index (κ1) is 23.4. The van der Waals surface area contributed by atoms with Gasteiger partial charge in [0.15, 0.2) is 11.5 Å². The summed E-state index contributed by atoms with van der Waals surface area (Å²) >= 11 is 6.45. The Morgan fingerprint density at radius 3 is 2.69 bits per heavy atom. The first-order chi connectivity index (χ1) is 15.3. The Balaban J connectivity index is 1.74. The predicted molar refractivity (Wildman–Crippen MR) is 125 cm³/mol. The number of amides is 1. The summed E-state index contributed by atoms with van der Waals surface area (Å²) < 4.78 is 14.3. The van der Waals surface area contributed by atoms with E-state index in [4.69, 9.17) is 21.1 Å². The van der Waals surface area contributed by atoms with E-state index in [2.05, 4.69) is 29.4 Å². The van der Waals surface area contributed by atoms with Crippen molar-refractivity contribution in [3.8, 4) is 11.5 Å². The number of aryl methyl sites for hydroxylation is 1. The number of benzene rings is 1.